The van der Waals surface area contributed by atoms with Crippen LogP contribution in [0.3, 0.4) is 0 Å². The van der Waals surface area contributed by atoms with E-state index in [2.05, 4.69) is 3.07 Å². The minimum absolute atomic E-state index is 0.308. The molecule has 2 nitrogen and oxygen atoms in total. The van der Waals surface area contributed by atoms with E-state index in [0.717, 1.165) is 0 Å². The molecule has 0 rings (SSSR count). The minimum atomic E-state index is -1.90. The van der Waals surface area contributed by atoms with Crippen molar-refractivity contribution in [2.24, 2.45) is 0 Å². The van der Waals surface area contributed by atoms with Crippen LogP contribution < -0.4 is 0 Å². The van der Waals surface area contributed by atoms with Crippen LogP contribution in [-0.2, 0) is 7.87 Å². The zero-order valence-corrected chi connectivity index (χ0v) is 9.09. The van der Waals surface area contributed by atoms with E-state index in [0.29, 0.717) is 22.9 Å². The van der Waals surface area contributed by atoms with E-state index >= 15 is 0 Å². The van der Waals surface area contributed by atoms with E-state index in [1.165, 1.54) is 0 Å². The molecule has 0 N–H and O–H groups in total. The Morgan fingerprint density at radius 3 is 1.88 bits per heavy atom. The number of alkyl halides is 3. The average Bonchev–Trinajstić information content (AvgIpc) is 1.62. The summed E-state index contributed by atoms with van der Waals surface area (Å²) in [6.45, 7) is 0. The molecule has 0 bridgehead atoms. The average molecular weight is 282 g/mol. The summed E-state index contributed by atoms with van der Waals surface area (Å²) < 4.78 is 2.31. The van der Waals surface area contributed by atoms with Gasteiger partial charge in [-0.1, -0.05) is 0 Å². The van der Waals surface area contributed by atoms with Crippen molar-refractivity contribution >= 4 is 63.7 Å². The third-order valence-electron chi connectivity index (χ3n) is 0.338. The van der Waals surface area contributed by atoms with Crippen LogP contribution in [0, 0.1) is 0 Å². The third kappa shape index (κ3) is 3.22. The summed E-state index contributed by atoms with van der Waals surface area (Å²) in [5.41, 5.74) is 0. The molecule has 0 aliphatic carbocycles. The topological polar surface area (TPSA) is 26.3 Å². The Morgan fingerprint density at radius 1 is 1.50 bits per heavy atom. The Balaban J connectivity index is 3.82. The van der Waals surface area contributed by atoms with Crippen molar-refractivity contribution in [3.05, 3.63) is 0 Å². The Bertz CT molecular complexity index is 97.9. The van der Waals surface area contributed by atoms with Crippen LogP contribution >= 0.6 is 34.8 Å². The zero-order chi connectivity index (χ0) is 6.78. The van der Waals surface area contributed by atoms with Gasteiger partial charge in [0.05, 0.1) is 0 Å². The number of halogens is 3. The SMILES string of the molecule is O=C([O][SnH])C(Cl)(Cl)Cl. The number of hydrogen-bond acceptors (Lipinski definition) is 2. The molecule has 0 fully saturated rings. The van der Waals surface area contributed by atoms with Gasteiger partial charge in [0.25, 0.3) is 0 Å². The third-order valence-corrected chi connectivity index (χ3v) is 1.41. The molecule has 0 aromatic rings. The van der Waals surface area contributed by atoms with Gasteiger partial charge in [-0.05, 0) is 0 Å². The van der Waals surface area contributed by atoms with Gasteiger partial charge < -0.3 is 0 Å². The molecule has 8 heavy (non-hydrogen) atoms. The Kier molecular flexibility index (Phi) is 3.82. The molecule has 6 heteroatoms. The van der Waals surface area contributed by atoms with Crippen LogP contribution in [0.2, 0.25) is 0 Å². The van der Waals surface area contributed by atoms with Crippen LogP contribution in [0.4, 0.5) is 0 Å². The fourth-order valence-electron chi connectivity index (χ4n) is 0.0668. The Morgan fingerprint density at radius 2 is 1.88 bits per heavy atom. The van der Waals surface area contributed by atoms with Crippen molar-refractivity contribution in [2.75, 3.05) is 0 Å². The van der Waals surface area contributed by atoms with Crippen LogP contribution in [0.25, 0.3) is 0 Å². The quantitative estimate of drug-likeness (QED) is 0.483. The Hall–Kier alpha value is 1.14. The van der Waals surface area contributed by atoms with Crippen molar-refractivity contribution in [3.63, 3.8) is 0 Å². The van der Waals surface area contributed by atoms with Gasteiger partial charge in [-0.15, -0.1) is 0 Å². The molecular weight excluding hydrogens is 281 g/mol. The summed E-state index contributed by atoms with van der Waals surface area (Å²) in [4.78, 5) is 10.2. The standard InChI is InChI=1S/C2HCl3O2.Sn.H/c3-2(4,5)1(6)7;;/h(H,6,7);;/q;+1;/p-1. The normalized spacial score (nSPS) is 11.0. The second-order valence-corrected chi connectivity index (χ2v) is 3.86. The molecule has 0 saturated carbocycles. The van der Waals surface area contributed by atoms with E-state index in [1.807, 2.05) is 0 Å². The molecule has 0 heterocycles. The summed E-state index contributed by atoms with van der Waals surface area (Å²) in [7, 11) is 0. The van der Waals surface area contributed by atoms with Gasteiger partial charge in [-0.3, -0.25) is 0 Å². The van der Waals surface area contributed by atoms with E-state index < -0.39 is 9.76 Å². The first-order chi connectivity index (χ1) is 3.48. The second kappa shape index (κ2) is 3.34. The van der Waals surface area contributed by atoms with Gasteiger partial charge in [0.2, 0.25) is 0 Å². The van der Waals surface area contributed by atoms with Crippen molar-refractivity contribution in [2.45, 2.75) is 3.79 Å². The van der Waals surface area contributed by atoms with Crippen molar-refractivity contribution < 1.29 is 7.87 Å². The first-order valence-corrected chi connectivity index (χ1v) is 3.94. The van der Waals surface area contributed by atoms with Gasteiger partial charge in [0.1, 0.15) is 0 Å². The number of rotatable bonds is 0. The van der Waals surface area contributed by atoms with Crippen LogP contribution in [0.1, 0.15) is 0 Å². The number of carbonyl (C=O) groups excluding carboxylic acids is 1. The molecule has 46 valence electrons. The second-order valence-electron chi connectivity index (χ2n) is 0.903. The van der Waals surface area contributed by atoms with Crippen LogP contribution in [-0.4, -0.2) is 32.7 Å². The van der Waals surface area contributed by atoms with Crippen molar-refractivity contribution in [3.8, 4) is 0 Å². The molecule has 0 unspecified atom stereocenters. The molecule has 0 amide bonds. The molecule has 0 spiro atoms. The maximum atomic E-state index is 10.2. The molecule has 0 atom stereocenters. The van der Waals surface area contributed by atoms with E-state index in [1.54, 1.807) is 0 Å². The predicted molar refractivity (Wildman–Crippen MR) is 33.5 cm³/mol. The Labute approximate surface area is 75.0 Å². The first-order valence-electron chi connectivity index (χ1n) is 1.46. The van der Waals surface area contributed by atoms with Gasteiger partial charge >= 0.3 is 75.4 Å². The summed E-state index contributed by atoms with van der Waals surface area (Å²) >= 11 is 15.5. The first kappa shape index (κ1) is 9.14. The fourth-order valence-corrected chi connectivity index (χ4v) is 1.34. The summed E-state index contributed by atoms with van der Waals surface area (Å²) in [5, 5.41) is 0. The van der Waals surface area contributed by atoms with Gasteiger partial charge in [-0.25, -0.2) is 0 Å². The summed E-state index contributed by atoms with van der Waals surface area (Å²) in [5.74, 6) is -0.815. The summed E-state index contributed by atoms with van der Waals surface area (Å²) in [6, 6.07) is 0. The molecular formula is C2HCl3O2Sn. The van der Waals surface area contributed by atoms with E-state index in [9.17, 15) is 4.79 Å². The van der Waals surface area contributed by atoms with Crippen molar-refractivity contribution in [1.82, 2.24) is 0 Å². The number of hydrogen-bond donors (Lipinski definition) is 0. The van der Waals surface area contributed by atoms with Gasteiger partial charge in [0, 0.05) is 0 Å². The van der Waals surface area contributed by atoms with Gasteiger partial charge in [-0.2, -0.15) is 0 Å². The van der Waals surface area contributed by atoms with E-state index in [-0.39, 0.29) is 0 Å². The number of carbonyl (C=O) groups is 1. The zero-order valence-electron chi connectivity index (χ0n) is 3.53. The molecule has 0 aromatic heterocycles. The predicted octanol–water partition coefficient (Wildman–Crippen LogP) is 0.716. The van der Waals surface area contributed by atoms with Crippen LogP contribution in [0.15, 0.2) is 0 Å². The molecule has 0 aromatic carbocycles. The molecule has 0 aliphatic rings. The van der Waals surface area contributed by atoms with Crippen molar-refractivity contribution in [1.29, 1.82) is 0 Å². The maximum absolute atomic E-state index is 10.2. The summed E-state index contributed by atoms with van der Waals surface area (Å²) in [6.07, 6.45) is 0. The molecule has 2 radical (unpaired) electrons. The monoisotopic (exact) mass is 282 g/mol. The molecule has 0 aliphatic heterocycles. The van der Waals surface area contributed by atoms with Crippen LogP contribution in [0.5, 0.6) is 0 Å². The fraction of sp³-hybridized carbons (Fsp3) is 0.500. The molecule has 0 saturated heterocycles. The van der Waals surface area contributed by atoms with Gasteiger partial charge in [0.15, 0.2) is 0 Å². The van der Waals surface area contributed by atoms with E-state index in [4.69, 9.17) is 34.8 Å².